The maximum absolute atomic E-state index is 13.8. The molecule has 0 bridgehead atoms. The summed E-state index contributed by atoms with van der Waals surface area (Å²) in [7, 11) is 1.57. The Morgan fingerprint density at radius 3 is 2.68 bits per heavy atom. The molecule has 1 unspecified atom stereocenters. The van der Waals surface area contributed by atoms with Crippen LogP contribution in [0.25, 0.3) is 10.8 Å². The molecule has 1 atom stereocenters. The number of hydrogen-bond donors (Lipinski definition) is 4. The molecule has 0 aliphatic rings. The highest BCUT2D eigenvalue weighted by molar-refractivity contribution is 6.31. The van der Waals surface area contributed by atoms with Crippen molar-refractivity contribution in [2.75, 3.05) is 25.5 Å². The molecule has 1 aromatic heterocycles. The molecular weight excluding hydrogens is 560 g/mol. The number of pyridine rings is 1. The molecule has 218 valence electrons. The summed E-state index contributed by atoms with van der Waals surface area (Å²) in [6, 6.07) is 8.60. The molecule has 0 aliphatic heterocycles. The SMILES string of the molecule is CN(C(=O)CCc1cccc(F)c1Cl)C(CCCNC(N)=NC(N)=O)COC(=O)Nc1cc2cc(F)ccc2cn1. The van der Waals surface area contributed by atoms with E-state index in [1.54, 1.807) is 19.2 Å². The largest absolute Gasteiger partial charge is 0.447 e. The first kappa shape index (κ1) is 31.0. The number of rotatable bonds is 11. The normalized spacial score (nSPS) is 12.0. The number of fused-ring (bicyclic) bond motifs is 1. The summed E-state index contributed by atoms with van der Waals surface area (Å²) in [5.74, 6) is -1.26. The second kappa shape index (κ2) is 14.7. The van der Waals surface area contributed by atoms with Crippen molar-refractivity contribution in [1.29, 1.82) is 0 Å². The van der Waals surface area contributed by atoms with Gasteiger partial charge in [0, 0.05) is 31.6 Å². The van der Waals surface area contributed by atoms with Crippen molar-refractivity contribution in [1.82, 2.24) is 15.2 Å². The fourth-order valence-corrected chi connectivity index (χ4v) is 4.18. The predicted molar refractivity (Wildman–Crippen MR) is 151 cm³/mol. The number of nitrogens with zero attached hydrogens (tertiary/aromatic N) is 3. The highest BCUT2D eigenvalue weighted by Crippen LogP contribution is 2.22. The maximum atomic E-state index is 13.8. The molecule has 2 aromatic carbocycles. The van der Waals surface area contributed by atoms with Crippen LogP contribution < -0.4 is 22.1 Å². The standard InChI is InChI=1S/C27H30ClF2N7O4/c1-37(23(38)10-8-16-4-2-6-21(30)24(16)28)20(5-3-11-33-25(31)36-26(32)39)15-41-27(40)35-22-13-18-12-19(29)9-7-17(18)14-34-22/h2,4,6-7,9,12-14,20H,3,5,8,10-11,15H2,1H3,(H,34,35,40)(H5,31,32,33,36,39). The Labute approximate surface area is 239 Å². The van der Waals surface area contributed by atoms with Gasteiger partial charge in [0.25, 0.3) is 0 Å². The molecule has 0 saturated heterocycles. The third kappa shape index (κ3) is 9.57. The Balaban J connectivity index is 1.61. The molecule has 0 fully saturated rings. The van der Waals surface area contributed by atoms with Gasteiger partial charge >= 0.3 is 12.1 Å². The smallest absolute Gasteiger partial charge is 0.412 e. The molecule has 3 rings (SSSR count). The molecule has 0 aliphatic carbocycles. The average Bonchev–Trinajstić information content (AvgIpc) is 2.92. The lowest BCUT2D eigenvalue weighted by molar-refractivity contribution is -0.132. The van der Waals surface area contributed by atoms with Crippen molar-refractivity contribution < 1.29 is 27.9 Å². The first-order valence-corrected chi connectivity index (χ1v) is 13.0. The number of halogens is 3. The Bertz CT molecular complexity index is 1440. The van der Waals surface area contributed by atoms with E-state index < -0.39 is 29.8 Å². The zero-order valence-corrected chi connectivity index (χ0v) is 23.0. The third-order valence-electron chi connectivity index (χ3n) is 6.15. The van der Waals surface area contributed by atoms with E-state index in [2.05, 4.69) is 20.6 Å². The summed E-state index contributed by atoms with van der Waals surface area (Å²) in [4.78, 5) is 45.3. The zero-order valence-electron chi connectivity index (χ0n) is 22.2. The number of carbonyl (C=O) groups is 3. The van der Waals surface area contributed by atoms with E-state index in [1.165, 1.54) is 41.4 Å². The quantitative estimate of drug-likeness (QED) is 0.149. The summed E-state index contributed by atoms with van der Waals surface area (Å²) in [6.45, 7) is 0.131. The van der Waals surface area contributed by atoms with Crippen LogP contribution in [0.2, 0.25) is 5.02 Å². The van der Waals surface area contributed by atoms with Crippen LogP contribution in [-0.4, -0.2) is 60.1 Å². The Kier molecular flexibility index (Phi) is 11.2. The lowest BCUT2D eigenvalue weighted by atomic mass is 10.1. The van der Waals surface area contributed by atoms with Crippen LogP contribution >= 0.6 is 11.6 Å². The summed E-state index contributed by atoms with van der Waals surface area (Å²) in [5.41, 5.74) is 11.0. The van der Waals surface area contributed by atoms with Gasteiger partial charge in [-0.2, -0.15) is 4.99 Å². The summed E-state index contributed by atoms with van der Waals surface area (Å²) in [5, 5.41) is 6.43. The highest BCUT2D eigenvalue weighted by Gasteiger charge is 2.22. The first-order chi connectivity index (χ1) is 19.5. The minimum Gasteiger partial charge on any atom is -0.447 e. The number of ether oxygens (including phenoxy) is 1. The van der Waals surface area contributed by atoms with Crippen molar-refractivity contribution in [3.8, 4) is 0 Å². The number of aryl methyl sites for hydroxylation is 1. The molecule has 41 heavy (non-hydrogen) atoms. The first-order valence-electron chi connectivity index (χ1n) is 12.6. The van der Waals surface area contributed by atoms with Gasteiger partial charge in [-0.15, -0.1) is 0 Å². The predicted octanol–water partition coefficient (Wildman–Crippen LogP) is 3.94. The van der Waals surface area contributed by atoms with Gasteiger partial charge in [0.2, 0.25) is 5.91 Å². The van der Waals surface area contributed by atoms with E-state index in [0.29, 0.717) is 35.7 Å². The van der Waals surface area contributed by atoms with Gasteiger partial charge in [-0.3, -0.25) is 10.1 Å². The van der Waals surface area contributed by atoms with E-state index in [1.807, 2.05) is 0 Å². The van der Waals surface area contributed by atoms with E-state index in [4.69, 9.17) is 27.8 Å². The molecule has 0 radical (unpaired) electrons. The molecule has 1 heterocycles. The number of guanidine groups is 1. The Morgan fingerprint density at radius 2 is 1.93 bits per heavy atom. The van der Waals surface area contributed by atoms with Crippen molar-refractivity contribution in [3.05, 3.63) is 70.9 Å². The number of likely N-dealkylation sites (N-methyl/N-ethyl adjacent to an activating group) is 1. The van der Waals surface area contributed by atoms with Crippen molar-refractivity contribution >= 4 is 52.2 Å². The van der Waals surface area contributed by atoms with Gasteiger partial charge < -0.3 is 26.4 Å². The lowest BCUT2D eigenvalue weighted by Crippen LogP contribution is -2.42. The number of nitrogens with one attached hydrogen (secondary N) is 2. The van der Waals surface area contributed by atoms with Gasteiger partial charge in [0.05, 0.1) is 11.1 Å². The second-order valence-electron chi connectivity index (χ2n) is 9.06. The fraction of sp³-hybridized carbons (Fsp3) is 0.296. The van der Waals surface area contributed by atoms with Crippen LogP contribution in [0, 0.1) is 11.6 Å². The third-order valence-corrected chi connectivity index (χ3v) is 6.58. The van der Waals surface area contributed by atoms with Crippen molar-refractivity contribution in [2.24, 2.45) is 16.5 Å². The van der Waals surface area contributed by atoms with Gasteiger partial charge in [-0.25, -0.2) is 23.4 Å². The number of nitrogens with two attached hydrogens (primary N) is 2. The molecule has 3 aromatic rings. The number of carbonyl (C=O) groups excluding carboxylic acids is 3. The van der Waals surface area contributed by atoms with Crippen LogP contribution in [0.5, 0.6) is 0 Å². The monoisotopic (exact) mass is 589 g/mol. The molecule has 14 heteroatoms. The fourth-order valence-electron chi connectivity index (χ4n) is 3.96. The second-order valence-corrected chi connectivity index (χ2v) is 9.44. The maximum Gasteiger partial charge on any atom is 0.412 e. The van der Waals surface area contributed by atoms with E-state index in [9.17, 15) is 23.2 Å². The molecule has 0 spiro atoms. The van der Waals surface area contributed by atoms with Gasteiger partial charge in [0.1, 0.15) is 24.1 Å². The Morgan fingerprint density at radius 1 is 1.15 bits per heavy atom. The van der Waals surface area contributed by atoms with Gasteiger partial charge in [-0.05, 0) is 60.5 Å². The number of aliphatic imine (C=N–C) groups is 1. The van der Waals surface area contributed by atoms with Crippen molar-refractivity contribution in [3.63, 3.8) is 0 Å². The molecule has 0 saturated carbocycles. The molecule has 11 nitrogen and oxygen atoms in total. The topological polar surface area (TPSA) is 165 Å². The lowest BCUT2D eigenvalue weighted by Gasteiger charge is -2.28. The van der Waals surface area contributed by atoms with Gasteiger partial charge in [-0.1, -0.05) is 23.7 Å². The minimum atomic E-state index is -0.943. The van der Waals surface area contributed by atoms with E-state index >= 15 is 0 Å². The van der Waals surface area contributed by atoms with Crippen LogP contribution in [0.4, 0.5) is 24.2 Å². The summed E-state index contributed by atoms with van der Waals surface area (Å²) >= 11 is 6.01. The average molecular weight is 590 g/mol. The van der Waals surface area contributed by atoms with E-state index in [-0.39, 0.29) is 42.2 Å². The van der Waals surface area contributed by atoms with Gasteiger partial charge in [0.15, 0.2) is 5.96 Å². The number of anilines is 1. The number of primary amides is 1. The number of hydrogen-bond acceptors (Lipinski definition) is 5. The number of amides is 4. The van der Waals surface area contributed by atoms with Crippen LogP contribution in [0.15, 0.2) is 53.7 Å². The molecule has 6 N–H and O–H groups in total. The van der Waals surface area contributed by atoms with Crippen LogP contribution in [0.1, 0.15) is 24.8 Å². The number of aromatic nitrogens is 1. The van der Waals surface area contributed by atoms with Crippen LogP contribution in [-0.2, 0) is 16.0 Å². The van der Waals surface area contributed by atoms with Crippen LogP contribution in [0.3, 0.4) is 0 Å². The summed E-state index contributed by atoms with van der Waals surface area (Å²) in [6.07, 6.45) is 1.75. The number of urea groups is 1. The molecule has 4 amide bonds. The Hall–Kier alpha value is -4.52. The zero-order chi connectivity index (χ0) is 29.9. The number of benzene rings is 2. The molecular formula is C27H30ClF2N7O4. The minimum absolute atomic E-state index is 0.0363. The summed E-state index contributed by atoms with van der Waals surface area (Å²) < 4.78 is 32.7. The van der Waals surface area contributed by atoms with Crippen molar-refractivity contribution in [2.45, 2.75) is 31.7 Å². The highest BCUT2D eigenvalue weighted by atomic mass is 35.5. The van der Waals surface area contributed by atoms with E-state index in [0.717, 1.165) is 0 Å².